The Kier molecular flexibility index (Phi) is 5.32. The molecule has 1 aliphatic heterocycles. The van der Waals surface area contributed by atoms with Crippen LogP contribution >= 0.6 is 11.8 Å². The number of carboxylic acids is 1. The fourth-order valence-electron chi connectivity index (χ4n) is 2.67. The lowest BCUT2D eigenvalue weighted by Crippen LogP contribution is -2.41. The van der Waals surface area contributed by atoms with E-state index in [0.29, 0.717) is 5.75 Å². The van der Waals surface area contributed by atoms with Crippen molar-refractivity contribution in [3.8, 4) is 0 Å². The molecule has 7 heteroatoms. The minimum absolute atomic E-state index is 0.0233. The molecular formula is C20H21N3O3S. The number of carboxylic acid groups (broad SMARTS) is 1. The highest BCUT2D eigenvalue weighted by atomic mass is 32.2. The van der Waals surface area contributed by atoms with E-state index in [-0.39, 0.29) is 28.9 Å². The second-order valence-electron chi connectivity index (χ2n) is 6.86. The molecule has 2 aromatic rings. The Hall–Kier alpha value is -2.67. The van der Waals surface area contributed by atoms with Gasteiger partial charge in [-0.15, -0.1) is 11.8 Å². The number of amidine groups is 1. The third-order valence-electron chi connectivity index (χ3n) is 4.71. The van der Waals surface area contributed by atoms with E-state index in [9.17, 15) is 14.7 Å². The molecule has 1 unspecified atom stereocenters. The number of aliphatic imine (C=N–C) groups is 1. The zero-order valence-corrected chi connectivity index (χ0v) is 16.2. The van der Waals surface area contributed by atoms with Crippen LogP contribution in [0.1, 0.15) is 42.4 Å². The molecule has 1 aromatic heterocycles. The first-order valence-corrected chi connectivity index (χ1v) is 9.61. The molecule has 0 spiro atoms. The molecule has 3 rings (SSSR count). The van der Waals surface area contributed by atoms with Crippen LogP contribution in [0.4, 0.5) is 0 Å². The second kappa shape index (κ2) is 7.52. The number of aromatic nitrogens is 1. The largest absolute Gasteiger partial charge is 0.478 e. The number of benzene rings is 1. The zero-order valence-electron chi connectivity index (χ0n) is 15.4. The van der Waals surface area contributed by atoms with E-state index >= 15 is 0 Å². The van der Waals surface area contributed by atoms with Crippen LogP contribution in [0.2, 0.25) is 0 Å². The van der Waals surface area contributed by atoms with E-state index in [4.69, 9.17) is 0 Å². The SMILES string of the molecule is CC(C)C1(C)N=C(c2ncc(CSc3ccccc3)cc2C(=O)O)NC1=O. The van der Waals surface area contributed by atoms with Gasteiger partial charge in [-0.3, -0.25) is 9.78 Å². The Morgan fingerprint density at radius 2 is 2.00 bits per heavy atom. The summed E-state index contributed by atoms with van der Waals surface area (Å²) in [5, 5.41) is 12.3. The van der Waals surface area contributed by atoms with Gasteiger partial charge in [0.2, 0.25) is 0 Å². The summed E-state index contributed by atoms with van der Waals surface area (Å²) in [5.74, 6) is -0.547. The maximum atomic E-state index is 12.3. The van der Waals surface area contributed by atoms with E-state index in [1.165, 1.54) is 0 Å². The van der Waals surface area contributed by atoms with Crippen LogP contribution in [0.5, 0.6) is 0 Å². The van der Waals surface area contributed by atoms with Crippen molar-refractivity contribution >= 4 is 29.5 Å². The van der Waals surface area contributed by atoms with E-state index < -0.39 is 11.5 Å². The lowest BCUT2D eigenvalue weighted by atomic mass is 9.89. The van der Waals surface area contributed by atoms with Gasteiger partial charge in [-0.25, -0.2) is 9.79 Å². The Morgan fingerprint density at radius 1 is 1.30 bits per heavy atom. The lowest BCUT2D eigenvalue weighted by Gasteiger charge is -2.21. The van der Waals surface area contributed by atoms with Crippen molar-refractivity contribution in [1.29, 1.82) is 0 Å². The number of nitrogens with zero attached hydrogens (tertiary/aromatic N) is 2. The summed E-state index contributed by atoms with van der Waals surface area (Å²) in [6.45, 7) is 5.55. The Bertz CT molecular complexity index is 912. The average molecular weight is 383 g/mol. The molecule has 1 amide bonds. The molecule has 0 saturated heterocycles. The van der Waals surface area contributed by atoms with Gasteiger partial charge in [0.05, 0.1) is 5.56 Å². The van der Waals surface area contributed by atoms with Crippen LogP contribution in [0.3, 0.4) is 0 Å². The lowest BCUT2D eigenvalue weighted by molar-refractivity contribution is -0.124. The molecule has 0 radical (unpaired) electrons. The molecule has 1 atom stereocenters. The van der Waals surface area contributed by atoms with Gasteiger partial charge in [0.15, 0.2) is 5.84 Å². The van der Waals surface area contributed by atoms with Crippen molar-refractivity contribution in [3.05, 3.63) is 59.4 Å². The predicted octanol–water partition coefficient (Wildman–Crippen LogP) is 3.36. The third kappa shape index (κ3) is 3.88. The van der Waals surface area contributed by atoms with E-state index in [2.05, 4.69) is 15.3 Å². The summed E-state index contributed by atoms with van der Waals surface area (Å²) >= 11 is 1.60. The van der Waals surface area contributed by atoms with Crippen LogP contribution in [0, 0.1) is 5.92 Å². The second-order valence-corrected chi connectivity index (χ2v) is 7.91. The van der Waals surface area contributed by atoms with Crippen molar-refractivity contribution in [2.45, 2.75) is 37.0 Å². The first-order chi connectivity index (χ1) is 12.8. The van der Waals surface area contributed by atoms with Crippen LogP contribution in [-0.4, -0.2) is 33.3 Å². The van der Waals surface area contributed by atoms with Gasteiger partial charge in [0.25, 0.3) is 5.91 Å². The first kappa shape index (κ1) is 19.1. The Balaban J connectivity index is 1.89. The molecule has 140 valence electrons. The summed E-state index contributed by atoms with van der Waals surface area (Å²) in [4.78, 5) is 34.0. The normalized spacial score (nSPS) is 19.1. The van der Waals surface area contributed by atoms with Crippen LogP contribution < -0.4 is 5.32 Å². The van der Waals surface area contributed by atoms with Gasteiger partial charge in [-0.05, 0) is 36.6 Å². The summed E-state index contributed by atoms with van der Waals surface area (Å²) in [6.07, 6.45) is 1.64. The van der Waals surface area contributed by atoms with Crippen LogP contribution in [0.25, 0.3) is 0 Å². The monoisotopic (exact) mass is 383 g/mol. The number of nitrogens with one attached hydrogen (secondary N) is 1. The molecule has 0 saturated carbocycles. The van der Waals surface area contributed by atoms with E-state index in [0.717, 1.165) is 10.5 Å². The Labute approximate surface area is 162 Å². The maximum Gasteiger partial charge on any atom is 0.338 e. The van der Waals surface area contributed by atoms with Crippen molar-refractivity contribution in [1.82, 2.24) is 10.3 Å². The number of hydrogen-bond acceptors (Lipinski definition) is 5. The number of carbonyl (C=O) groups excluding carboxylic acids is 1. The smallest absolute Gasteiger partial charge is 0.338 e. The zero-order chi connectivity index (χ0) is 19.6. The van der Waals surface area contributed by atoms with Crippen LogP contribution in [0.15, 0.2) is 52.5 Å². The van der Waals surface area contributed by atoms with Gasteiger partial charge in [0, 0.05) is 16.8 Å². The molecule has 1 aromatic carbocycles. The Morgan fingerprint density at radius 3 is 2.59 bits per heavy atom. The summed E-state index contributed by atoms with van der Waals surface area (Å²) < 4.78 is 0. The van der Waals surface area contributed by atoms with Crippen molar-refractivity contribution in [2.24, 2.45) is 10.9 Å². The number of aromatic carboxylic acids is 1. The predicted molar refractivity (Wildman–Crippen MR) is 105 cm³/mol. The fourth-order valence-corrected chi connectivity index (χ4v) is 3.51. The molecule has 6 nitrogen and oxygen atoms in total. The highest BCUT2D eigenvalue weighted by Gasteiger charge is 2.43. The number of hydrogen-bond donors (Lipinski definition) is 2. The average Bonchev–Trinajstić information content (AvgIpc) is 2.96. The van der Waals surface area contributed by atoms with Gasteiger partial charge >= 0.3 is 5.97 Å². The number of pyridine rings is 1. The summed E-state index contributed by atoms with van der Waals surface area (Å²) in [7, 11) is 0. The topological polar surface area (TPSA) is 91.7 Å². The molecule has 1 aliphatic rings. The standard InChI is InChI=1S/C20H21N3O3S/c1-12(2)20(3)19(26)22-17(23-20)16-15(18(24)25)9-13(10-21-16)11-27-14-7-5-4-6-8-14/h4-10,12H,11H2,1-3H3,(H,24,25)(H,22,23,26). The highest BCUT2D eigenvalue weighted by molar-refractivity contribution is 7.98. The molecule has 0 aliphatic carbocycles. The van der Waals surface area contributed by atoms with Gasteiger partial charge in [-0.2, -0.15) is 0 Å². The minimum Gasteiger partial charge on any atom is -0.478 e. The summed E-state index contributed by atoms with van der Waals surface area (Å²) in [6, 6.07) is 11.5. The molecule has 2 N–H and O–H groups in total. The highest BCUT2D eigenvalue weighted by Crippen LogP contribution is 2.28. The molecule has 0 fully saturated rings. The quantitative estimate of drug-likeness (QED) is 0.746. The van der Waals surface area contributed by atoms with Crippen LogP contribution in [-0.2, 0) is 10.5 Å². The van der Waals surface area contributed by atoms with Crippen molar-refractivity contribution in [2.75, 3.05) is 0 Å². The maximum absolute atomic E-state index is 12.3. The number of carbonyl (C=O) groups is 2. The van der Waals surface area contributed by atoms with Gasteiger partial charge in [0.1, 0.15) is 11.2 Å². The fraction of sp³-hybridized carbons (Fsp3) is 0.300. The van der Waals surface area contributed by atoms with E-state index in [1.54, 1.807) is 30.9 Å². The molecule has 2 heterocycles. The van der Waals surface area contributed by atoms with Crippen molar-refractivity contribution < 1.29 is 14.7 Å². The third-order valence-corrected chi connectivity index (χ3v) is 5.79. The molecular weight excluding hydrogens is 362 g/mol. The molecule has 0 bridgehead atoms. The molecule has 27 heavy (non-hydrogen) atoms. The number of amides is 1. The number of rotatable bonds is 6. The van der Waals surface area contributed by atoms with Gasteiger partial charge in [-0.1, -0.05) is 32.0 Å². The van der Waals surface area contributed by atoms with E-state index in [1.807, 2.05) is 44.2 Å². The van der Waals surface area contributed by atoms with Crippen molar-refractivity contribution in [3.63, 3.8) is 0 Å². The number of thioether (sulfide) groups is 1. The summed E-state index contributed by atoms with van der Waals surface area (Å²) in [5.41, 5.74) is 0.0951. The first-order valence-electron chi connectivity index (χ1n) is 8.63. The van der Waals surface area contributed by atoms with Gasteiger partial charge < -0.3 is 10.4 Å². The minimum atomic E-state index is -1.10.